The fraction of sp³-hybridized carbons (Fsp3) is 0.310. The lowest BCUT2D eigenvalue weighted by molar-refractivity contribution is 0.226. The average molecular weight is 453 g/mol. The van der Waals surface area contributed by atoms with Crippen LogP contribution in [0.5, 0.6) is 0 Å². The summed E-state index contributed by atoms with van der Waals surface area (Å²) in [4.78, 5) is 0. The quantitative estimate of drug-likeness (QED) is 0.287. The molecule has 0 N–H and O–H groups in total. The van der Waals surface area contributed by atoms with Crippen molar-refractivity contribution in [3.63, 3.8) is 0 Å². The van der Waals surface area contributed by atoms with Crippen molar-refractivity contribution in [2.75, 3.05) is 6.61 Å². The van der Waals surface area contributed by atoms with Gasteiger partial charge in [-0.05, 0) is 74.1 Å². The van der Waals surface area contributed by atoms with E-state index >= 15 is 0 Å². The normalized spacial score (nSPS) is 19.0. The first-order valence-electron chi connectivity index (χ1n) is 11.4. The van der Waals surface area contributed by atoms with Crippen molar-refractivity contribution in [1.29, 1.82) is 0 Å². The molecule has 3 rings (SSSR count). The molecule has 0 radical (unpaired) electrons. The minimum Gasteiger partial charge on any atom is -0.491 e. The Bertz CT molecular complexity index is 1060. The highest BCUT2D eigenvalue weighted by Gasteiger charge is 2.25. The van der Waals surface area contributed by atoms with Crippen LogP contribution in [-0.2, 0) is 4.74 Å². The number of rotatable bonds is 8. The monoisotopic (exact) mass is 452 g/mol. The van der Waals surface area contributed by atoms with Crippen LogP contribution in [0.3, 0.4) is 0 Å². The van der Waals surface area contributed by atoms with Crippen LogP contribution in [-0.4, -0.2) is 6.61 Å². The lowest BCUT2D eigenvalue weighted by Crippen LogP contribution is -2.13. The van der Waals surface area contributed by atoms with Gasteiger partial charge in [-0.25, -0.2) is 13.2 Å². The lowest BCUT2D eigenvalue weighted by Gasteiger charge is -2.27. The van der Waals surface area contributed by atoms with Gasteiger partial charge in [0, 0.05) is 5.56 Å². The van der Waals surface area contributed by atoms with E-state index in [1.165, 1.54) is 6.08 Å². The van der Waals surface area contributed by atoms with Gasteiger partial charge >= 0.3 is 0 Å². The zero-order chi connectivity index (χ0) is 24.0. The summed E-state index contributed by atoms with van der Waals surface area (Å²) >= 11 is 0. The Hall–Kier alpha value is -3.01. The summed E-state index contributed by atoms with van der Waals surface area (Å²) in [6, 6.07) is 10.8. The number of allylic oxidation sites excluding steroid dienone is 5. The fourth-order valence-electron chi connectivity index (χ4n) is 4.25. The van der Waals surface area contributed by atoms with Crippen LogP contribution in [0.2, 0.25) is 0 Å². The summed E-state index contributed by atoms with van der Waals surface area (Å²) in [5.41, 5.74) is 3.01. The Balaban J connectivity index is 1.62. The number of hydrogen-bond donors (Lipinski definition) is 0. The van der Waals surface area contributed by atoms with Crippen molar-refractivity contribution >= 4 is 0 Å². The van der Waals surface area contributed by atoms with Gasteiger partial charge in [0.05, 0.1) is 6.61 Å². The zero-order valence-corrected chi connectivity index (χ0v) is 19.3. The smallest absolute Gasteiger partial charge is 0.166 e. The van der Waals surface area contributed by atoms with Gasteiger partial charge in [0.25, 0.3) is 0 Å². The molecule has 0 heterocycles. The number of benzene rings is 2. The van der Waals surface area contributed by atoms with Gasteiger partial charge in [-0.15, -0.1) is 0 Å². The van der Waals surface area contributed by atoms with Crippen molar-refractivity contribution in [2.24, 2.45) is 5.92 Å². The molecule has 1 aliphatic carbocycles. The van der Waals surface area contributed by atoms with Crippen molar-refractivity contribution in [3.8, 4) is 11.1 Å². The highest BCUT2D eigenvalue weighted by Crippen LogP contribution is 2.39. The van der Waals surface area contributed by atoms with E-state index in [1.807, 2.05) is 37.3 Å². The van der Waals surface area contributed by atoms with Crippen molar-refractivity contribution in [2.45, 2.75) is 45.4 Å². The van der Waals surface area contributed by atoms with Gasteiger partial charge in [-0.2, -0.15) is 0 Å². The van der Waals surface area contributed by atoms with E-state index in [4.69, 9.17) is 4.74 Å². The molecule has 1 nitrogen and oxygen atoms in total. The highest BCUT2D eigenvalue weighted by molar-refractivity contribution is 5.65. The maximum atomic E-state index is 14.9. The standard InChI is InChI=1S/C29H31F3O/c1-5-33-21(4)27(30)18-20(3)6-9-22-10-14-24(15-11-22)26-17-16-25(28(31)29(26)32)23-12-7-19(2)8-13-23/h6-9,12-13,16-18,22,24H,3-5,10-11,14-15H2,1-2H3/b9-6+,27-18+. The Morgan fingerprint density at radius 3 is 2.30 bits per heavy atom. The molecule has 0 aliphatic heterocycles. The van der Waals surface area contributed by atoms with Crippen molar-refractivity contribution in [3.05, 3.63) is 108 Å². The van der Waals surface area contributed by atoms with E-state index < -0.39 is 17.5 Å². The van der Waals surface area contributed by atoms with Gasteiger partial charge in [0.1, 0.15) is 5.76 Å². The summed E-state index contributed by atoms with van der Waals surface area (Å²) < 4.78 is 48.8. The van der Waals surface area contributed by atoms with E-state index in [1.54, 1.807) is 25.1 Å². The second kappa shape index (κ2) is 11.2. The highest BCUT2D eigenvalue weighted by atomic mass is 19.2. The van der Waals surface area contributed by atoms with Gasteiger partial charge < -0.3 is 4.74 Å². The van der Waals surface area contributed by atoms with Crippen LogP contribution in [0.25, 0.3) is 11.1 Å². The molecule has 1 fully saturated rings. The molecule has 0 spiro atoms. The number of halogens is 3. The predicted octanol–water partition coefficient (Wildman–Crippen LogP) is 8.73. The Morgan fingerprint density at radius 1 is 1.00 bits per heavy atom. The second-order valence-corrected chi connectivity index (χ2v) is 8.59. The topological polar surface area (TPSA) is 9.23 Å². The fourth-order valence-corrected chi connectivity index (χ4v) is 4.25. The molecular formula is C29H31F3O. The van der Waals surface area contributed by atoms with Gasteiger partial charge in [0.2, 0.25) is 0 Å². The van der Waals surface area contributed by atoms with Crippen LogP contribution in [0.4, 0.5) is 13.2 Å². The van der Waals surface area contributed by atoms with Gasteiger partial charge in [-0.1, -0.05) is 67.3 Å². The minimum absolute atomic E-state index is 0.00443. The molecule has 0 amide bonds. The lowest BCUT2D eigenvalue weighted by atomic mass is 9.78. The van der Waals surface area contributed by atoms with Crippen LogP contribution in [0, 0.1) is 24.5 Å². The molecule has 4 heteroatoms. The minimum atomic E-state index is -0.780. The summed E-state index contributed by atoms with van der Waals surface area (Å²) in [7, 11) is 0. The second-order valence-electron chi connectivity index (χ2n) is 8.59. The third kappa shape index (κ3) is 6.28. The molecule has 1 saturated carbocycles. The molecule has 0 atom stereocenters. The summed E-state index contributed by atoms with van der Waals surface area (Å²) in [6.07, 6.45) is 8.36. The summed E-state index contributed by atoms with van der Waals surface area (Å²) in [5, 5.41) is 0. The van der Waals surface area contributed by atoms with Gasteiger partial charge in [-0.3, -0.25) is 0 Å². The van der Waals surface area contributed by atoms with Crippen LogP contribution in [0.15, 0.2) is 84.9 Å². The summed E-state index contributed by atoms with van der Waals surface area (Å²) in [6.45, 7) is 11.5. The maximum absolute atomic E-state index is 14.9. The van der Waals surface area contributed by atoms with Crippen molar-refractivity contribution in [1.82, 2.24) is 0 Å². The van der Waals surface area contributed by atoms with E-state index in [-0.39, 0.29) is 11.7 Å². The molecule has 2 aromatic carbocycles. The third-order valence-electron chi connectivity index (χ3n) is 6.17. The molecule has 0 aromatic heterocycles. The van der Waals surface area contributed by atoms with Gasteiger partial charge in [0.15, 0.2) is 17.5 Å². The summed E-state index contributed by atoms with van der Waals surface area (Å²) in [5.74, 6) is -1.78. The number of aryl methyl sites for hydroxylation is 1. The molecule has 174 valence electrons. The first-order valence-corrected chi connectivity index (χ1v) is 11.4. The third-order valence-corrected chi connectivity index (χ3v) is 6.17. The predicted molar refractivity (Wildman–Crippen MR) is 129 cm³/mol. The SMILES string of the molecule is C=C(/C=C/C1CCC(c2ccc(-c3ccc(C)cc3)c(F)c2F)CC1)/C=C(/F)C(=C)OCC. The molecular weight excluding hydrogens is 421 g/mol. The molecule has 0 bridgehead atoms. The molecule has 0 saturated heterocycles. The van der Waals surface area contributed by atoms with Crippen molar-refractivity contribution < 1.29 is 17.9 Å². The van der Waals surface area contributed by atoms with Crippen LogP contribution < -0.4 is 0 Å². The van der Waals surface area contributed by atoms with E-state index in [2.05, 4.69) is 13.2 Å². The van der Waals surface area contributed by atoms with E-state index in [0.29, 0.717) is 34.8 Å². The zero-order valence-electron chi connectivity index (χ0n) is 19.3. The number of ether oxygens (including phenoxy) is 1. The first-order chi connectivity index (χ1) is 15.8. The molecule has 0 unspecified atom stereocenters. The molecule has 1 aliphatic rings. The Morgan fingerprint density at radius 2 is 1.67 bits per heavy atom. The number of hydrogen-bond acceptors (Lipinski definition) is 1. The maximum Gasteiger partial charge on any atom is 0.166 e. The average Bonchev–Trinajstić information content (AvgIpc) is 2.81. The Labute approximate surface area is 195 Å². The van der Waals surface area contributed by atoms with Crippen LogP contribution >= 0.6 is 0 Å². The largest absolute Gasteiger partial charge is 0.491 e. The van der Waals surface area contributed by atoms with E-state index in [0.717, 1.165) is 31.2 Å². The van der Waals surface area contributed by atoms with E-state index in [9.17, 15) is 13.2 Å². The molecule has 2 aromatic rings. The first kappa shape index (κ1) is 24.6. The molecule has 33 heavy (non-hydrogen) atoms. The van der Waals surface area contributed by atoms with Crippen LogP contribution in [0.1, 0.15) is 49.7 Å². The Kier molecular flexibility index (Phi) is 8.37.